The van der Waals surface area contributed by atoms with Crippen LogP contribution in [0.1, 0.15) is 66.8 Å². The summed E-state index contributed by atoms with van der Waals surface area (Å²) in [5, 5.41) is 7.89. The maximum atomic E-state index is 12.9. The van der Waals surface area contributed by atoms with Gasteiger partial charge >= 0.3 is 0 Å². The Morgan fingerprint density at radius 3 is 2.54 bits per heavy atom. The Hall–Kier alpha value is -2.54. The molecule has 148 valence electrons. The highest BCUT2D eigenvalue weighted by atomic mass is 32.1. The molecule has 3 rings (SSSR count). The lowest BCUT2D eigenvalue weighted by Crippen LogP contribution is -2.41. The van der Waals surface area contributed by atoms with E-state index in [0.29, 0.717) is 22.3 Å². The number of nitrogens with zero attached hydrogens (tertiary/aromatic N) is 3. The van der Waals surface area contributed by atoms with E-state index in [4.69, 9.17) is 4.52 Å². The van der Waals surface area contributed by atoms with Crippen LogP contribution in [0.3, 0.4) is 0 Å². The first-order valence-corrected chi connectivity index (χ1v) is 10.4. The second-order valence-electron chi connectivity index (χ2n) is 7.32. The smallest absolute Gasteiger partial charge is 0.264 e. The Morgan fingerprint density at radius 1 is 1.18 bits per heavy atom. The topological polar surface area (TPSA) is 80.9 Å². The molecule has 0 radical (unpaired) electrons. The zero-order valence-electron chi connectivity index (χ0n) is 17.0. The molecule has 6 nitrogen and oxygen atoms in total. The summed E-state index contributed by atoms with van der Waals surface area (Å²) in [7, 11) is 0. The maximum Gasteiger partial charge on any atom is 0.264 e. The number of aromatic nitrogens is 3. The van der Waals surface area contributed by atoms with Crippen LogP contribution in [0.2, 0.25) is 0 Å². The number of nitrogens with one attached hydrogen (secondary N) is 1. The Morgan fingerprint density at radius 2 is 1.89 bits per heavy atom. The molecule has 1 N–H and O–H groups in total. The molecule has 0 aliphatic carbocycles. The highest BCUT2D eigenvalue weighted by molar-refractivity contribution is 7.17. The van der Waals surface area contributed by atoms with E-state index in [1.165, 1.54) is 16.9 Å². The van der Waals surface area contributed by atoms with Crippen LogP contribution in [0.4, 0.5) is 0 Å². The molecular weight excluding hydrogens is 372 g/mol. The number of hydrogen-bond acceptors (Lipinski definition) is 6. The van der Waals surface area contributed by atoms with Crippen molar-refractivity contribution in [1.82, 2.24) is 20.4 Å². The average molecular weight is 399 g/mol. The summed E-state index contributed by atoms with van der Waals surface area (Å²) in [5.74, 6) is 0.881. The zero-order valence-corrected chi connectivity index (χ0v) is 17.8. The van der Waals surface area contributed by atoms with Crippen LogP contribution in [0.25, 0.3) is 10.6 Å². The van der Waals surface area contributed by atoms with Crippen LogP contribution in [-0.4, -0.2) is 21.0 Å². The fraction of sp³-hybridized carbons (Fsp3) is 0.429. The Kier molecular flexibility index (Phi) is 5.93. The highest BCUT2D eigenvalue weighted by Gasteiger charge is 2.30. The van der Waals surface area contributed by atoms with Crippen molar-refractivity contribution in [2.75, 3.05) is 0 Å². The number of benzene rings is 1. The van der Waals surface area contributed by atoms with Gasteiger partial charge in [0, 0.05) is 12.0 Å². The van der Waals surface area contributed by atoms with E-state index in [9.17, 15) is 4.79 Å². The average Bonchev–Trinajstić information content (AvgIpc) is 3.29. The van der Waals surface area contributed by atoms with Crippen LogP contribution in [0.5, 0.6) is 0 Å². The van der Waals surface area contributed by atoms with Crippen LogP contribution in [-0.2, 0) is 18.4 Å². The van der Waals surface area contributed by atoms with Gasteiger partial charge in [0.05, 0.1) is 11.2 Å². The molecule has 2 heterocycles. The molecule has 0 unspecified atom stereocenters. The molecule has 7 heteroatoms. The minimum absolute atomic E-state index is 0.182. The summed E-state index contributed by atoms with van der Waals surface area (Å²) in [6.07, 6.45) is 2.65. The van der Waals surface area contributed by atoms with Gasteiger partial charge in [-0.1, -0.05) is 43.3 Å². The standard InChI is InChI=1S/C21H26N4O2S/c1-6-8-16-23-20(25-27-16)21(4,5)24-18(26)17-13(3)22-19(28-17)15-11-9-14(7-2)10-12-15/h9-12H,6-8H2,1-5H3,(H,24,26). The van der Waals surface area contributed by atoms with E-state index >= 15 is 0 Å². The Bertz CT molecular complexity index is 957. The lowest BCUT2D eigenvalue weighted by molar-refractivity contribution is 0.0911. The molecule has 1 amide bonds. The van der Waals surface area contributed by atoms with Crippen molar-refractivity contribution in [3.05, 3.63) is 52.1 Å². The minimum Gasteiger partial charge on any atom is -0.339 e. The molecule has 0 spiro atoms. The molecule has 0 saturated heterocycles. The molecule has 3 aromatic rings. The molecule has 2 aromatic heterocycles. The monoisotopic (exact) mass is 398 g/mol. The molecule has 0 fully saturated rings. The second-order valence-corrected chi connectivity index (χ2v) is 8.32. The summed E-state index contributed by atoms with van der Waals surface area (Å²) in [5.41, 5.74) is 2.27. The predicted molar refractivity (Wildman–Crippen MR) is 110 cm³/mol. The summed E-state index contributed by atoms with van der Waals surface area (Å²) in [4.78, 5) is 22.5. The number of carbonyl (C=O) groups is 1. The molecule has 0 bridgehead atoms. The minimum atomic E-state index is -0.744. The largest absolute Gasteiger partial charge is 0.339 e. The van der Waals surface area contributed by atoms with Crippen molar-refractivity contribution in [1.29, 1.82) is 0 Å². The van der Waals surface area contributed by atoms with Crippen molar-refractivity contribution >= 4 is 17.2 Å². The molecule has 0 saturated carbocycles. The predicted octanol–water partition coefficient (Wildman–Crippen LogP) is 4.68. The maximum absolute atomic E-state index is 12.9. The van der Waals surface area contributed by atoms with Crippen molar-refractivity contribution < 1.29 is 9.32 Å². The van der Waals surface area contributed by atoms with Crippen molar-refractivity contribution in [3.8, 4) is 10.6 Å². The normalized spacial score (nSPS) is 11.6. The third kappa shape index (κ3) is 4.30. The van der Waals surface area contributed by atoms with E-state index in [-0.39, 0.29) is 5.91 Å². The van der Waals surface area contributed by atoms with Gasteiger partial charge in [0.1, 0.15) is 9.88 Å². The first-order chi connectivity index (χ1) is 13.3. The molecule has 0 aliphatic rings. The Balaban J connectivity index is 1.78. The Labute approximate surface area is 169 Å². The number of hydrogen-bond donors (Lipinski definition) is 1. The molecule has 1 aromatic carbocycles. The number of rotatable bonds is 7. The van der Waals surface area contributed by atoms with E-state index in [1.54, 1.807) is 0 Å². The van der Waals surface area contributed by atoms with E-state index < -0.39 is 5.54 Å². The third-order valence-corrected chi connectivity index (χ3v) is 5.73. The number of carbonyl (C=O) groups excluding carboxylic acids is 1. The molecule has 0 atom stereocenters. The number of amides is 1. The van der Waals surface area contributed by atoms with Crippen LogP contribution in [0, 0.1) is 6.92 Å². The van der Waals surface area contributed by atoms with Gasteiger partial charge in [-0.05, 0) is 39.2 Å². The fourth-order valence-electron chi connectivity index (χ4n) is 2.83. The lowest BCUT2D eigenvalue weighted by atomic mass is 10.0. The first kappa shape index (κ1) is 20.2. The van der Waals surface area contributed by atoms with Gasteiger partial charge in [0.2, 0.25) is 5.89 Å². The van der Waals surface area contributed by atoms with Gasteiger partial charge in [-0.3, -0.25) is 4.79 Å². The third-order valence-electron chi connectivity index (χ3n) is 4.53. The fourth-order valence-corrected chi connectivity index (χ4v) is 3.80. The van der Waals surface area contributed by atoms with Crippen LogP contribution < -0.4 is 5.32 Å². The number of thiazole rings is 1. The van der Waals surface area contributed by atoms with Crippen molar-refractivity contribution in [2.45, 2.75) is 59.4 Å². The van der Waals surface area contributed by atoms with Gasteiger partial charge in [-0.2, -0.15) is 4.98 Å². The van der Waals surface area contributed by atoms with Gasteiger partial charge in [-0.25, -0.2) is 4.98 Å². The summed E-state index contributed by atoms with van der Waals surface area (Å²) in [6, 6.07) is 8.30. The van der Waals surface area contributed by atoms with Gasteiger partial charge in [0.15, 0.2) is 5.82 Å². The van der Waals surface area contributed by atoms with E-state index in [2.05, 4.69) is 58.6 Å². The van der Waals surface area contributed by atoms with E-state index in [0.717, 1.165) is 29.8 Å². The van der Waals surface area contributed by atoms with Crippen LogP contribution >= 0.6 is 11.3 Å². The van der Waals surface area contributed by atoms with Gasteiger partial charge in [-0.15, -0.1) is 11.3 Å². The van der Waals surface area contributed by atoms with Gasteiger partial charge < -0.3 is 9.84 Å². The first-order valence-electron chi connectivity index (χ1n) is 9.56. The lowest BCUT2D eigenvalue weighted by Gasteiger charge is -2.21. The van der Waals surface area contributed by atoms with Gasteiger partial charge in [0.25, 0.3) is 5.91 Å². The quantitative estimate of drug-likeness (QED) is 0.625. The molecular formula is C21H26N4O2S. The molecule has 28 heavy (non-hydrogen) atoms. The second kappa shape index (κ2) is 8.22. The number of aryl methyl sites for hydroxylation is 3. The van der Waals surface area contributed by atoms with E-state index in [1.807, 2.05) is 20.8 Å². The van der Waals surface area contributed by atoms with Crippen molar-refractivity contribution in [2.24, 2.45) is 0 Å². The summed E-state index contributed by atoms with van der Waals surface area (Å²) in [6.45, 7) is 9.77. The zero-order chi connectivity index (χ0) is 20.3. The summed E-state index contributed by atoms with van der Waals surface area (Å²) < 4.78 is 5.26. The highest BCUT2D eigenvalue weighted by Crippen LogP contribution is 2.29. The van der Waals surface area contributed by atoms with Crippen molar-refractivity contribution in [3.63, 3.8) is 0 Å². The molecule has 0 aliphatic heterocycles. The van der Waals surface area contributed by atoms with Crippen LogP contribution in [0.15, 0.2) is 28.8 Å². The SMILES string of the molecule is CCCc1nc(C(C)(C)NC(=O)c2sc(-c3ccc(CC)cc3)nc2C)no1. The summed E-state index contributed by atoms with van der Waals surface area (Å²) >= 11 is 1.40.